The van der Waals surface area contributed by atoms with Gasteiger partial charge in [0.2, 0.25) is 0 Å². The molecule has 0 saturated heterocycles. The molecule has 0 bridgehead atoms. The van der Waals surface area contributed by atoms with Crippen LogP contribution in [0.4, 0.5) is 13.2 Å². The van der Waals surface area contributed by atoms with Crippen LogP contribution < -0.4 is 5.32 Å². The van der Waals surface area contributed by atoms with Gasteiger partial charge in [0.25, 0.3) is 0 Å². The summed E-state index contributed by atoms with van der Waals surface area (Å²) >= 11 is 0. The molecular weight excluding hydrogens is 299 g/mol. The molecule has 6 heteroatoms. The van der Waals surface area contributed by atoms with Crippen molar-refractivity contribution in [2.45, 2.75) is 32.5 Å². The maximum Gasteiger partial charge on any atom is 0.416 e. The molecule has 0 aliphatic carbocycles. The largest absolute Gasteiger partial charge is 0.416 e. The first-order valence-electron chi connectivity index (χ1n) is 6.97. The van der Waals surface area contributed by atoms with Crippen molar-refractivity contribution in [3.63, 3.8) is 0 Å². The van der Waals surface area contributed by atoms with Crippen LogP contribution in [0, 0.1) is 5.92 Å². The predicted octanol–water partition coefficient (Wildman–Crippen LogP) is 3.76. The Morgan fingerprint density at radius 3 is 2.48 bits per heavy atom. The number of nitrogens with one attached hydrogen (secondary N) is 1. The molecule has 21 heavy (non-hydrogen) atoms. The highest BCUT2D eigenvalue weighted by Crippen LogP contribution is 2.30. The van der Waals surface area contributed by atoms with E-state index in [2.05, 4.69) is 5.32 Å². The highest BCUT2D eigenvalue weighted by Gasteiger charge is 2.31. The van der Waals surface area contributed by atoms with Crippen LogP contribution in [0.15, 0.2) is 24.3 Å². The van der Waals surface area contributed by atoms with Crippen molar-refractivity contribution < 1.29 is 17.4 Å². The lowest BCUT2D eigenvalue weighted by atomic mass is 10.1. The number of rotatable bonds is 7. The molecule has 0 spiro atoms. The predicted molar refractivity (Wildman–Crippen MR) is 80.6 cm³/mol. The Balaban J connectivity index is 2.83. The average molecular weight is 321 g/mol. The van der Waals surface area contributed by atoms with Gasteiger partial charge in [-0.05, 0) is 30.7 Å². The minimum atomic E-state index is -4.36. The molecule has 0 aliphatic rings. The summed E-state index contributed by atoms with van der Waals surface area (Å²) < 4.78 is 50.3. The Morgan fingerprint density at radius 2 is 1.95 bits per heavy atom. The number of benzene rings is 1. The van der Waals surface area contributed by atoms with E-state index in [1.165, 1.54) is 6.07 Å². The molecule has 1 N–H and O–H groups in total. The van der Waals surface area contributed by atoms with Gasteiger partial charge in [-0.2, -0.15) is 13.2 Å². The van der Waals surface area contributed by atoms with E-state index in [-0.39, 0.29) is 6.04 Å². The third kappa shape index (κ3) is 5.79. The Bertz CT molecular complexity index is 476. The average Bonchev–Trinajstić information content (AvgIpc) is 2.43. The zero-order valence-corrected chi connectivity index (χ0v) is 13.4. The molecule has 1 aromatic rings. The van der Waals surface area contributed by atoms with Gasteiger partial charge in [0, 0.05) is 28.3 Å². The van der Waals surface area contributed by atoms with E-state index < -0.39 is 22.5 Å². The second kappa shape index (κ2) is 7.94. The summed E-state index contributed by atoms with van der Waals surface area (Å²) in [5, 5.41) is 2.96. The molecule has 0 heterocycles. The lowest BCUT2D eigenvalue weighted by molar-refractivity contribution is -0.137. The molecule has 1 rings (SSSR count). The van der Waals surface area contributed by atoms with Gasteiger partial charge in [-0.15, -0.1) is 0 Å². The number of hydrogen-bond acceptors (Lipinski definition) is 2. The van der Waals surface area contributed by atoms with Gasteiger partial charge in [0.1, 0.15) is 0 Å². The maximum absolute atomic E-state index is 12.7. The molecular formula is C15H22F3NOS. The van der Waals surface area contributed by atoms with Gasteiger partial charge in [-0.25, -0.2) is 0 Å². The molecule has 3 atom stereocenters. The topological polar surface area (TPSA) is 29.1 Å². The summed E-state index contributed by atoms with van der Waals surface area (Å²) in [5.74, 6) is 1.25. The minimum absolute atomic E-state index is 0.322. The van der Waals surface area contributed by atoms with Crippen molar-refractivity contribution >= 4 is 10.8 Å². The molecule has 2 nitrogen and oxygen atoms in total. The highest BCUT2D eigenvalue weighted by atomic mass is 32.2. The standard InChI is InChI=1S/C15H22F3NOS/c1-4-11(2)9-21(20)10-14(19-3)12-6-5-7-13(8-12)15(16,17)18/h5-8,11,14,19H,4,9-10H2,1-3H3. The number of halogens is 3. The van der Waals surface area contributed by atoms with Gasteiger partial charge in [0.05, 0.1) is 5.56 Å². The lowest BCUT2D eigenvalue weighted by Crippen LogP contribution is -2.25. The zero-order chi connectivity index (χ0) is 16.0. The van der Waals surface area contributed by atoms with Crippen LogP contribution in [0.25, 0.3) is 0 Å². The number of alkyl halides is 3. The Morgan fingerprint density at radius 1 is 1.29 bits per heavy atom. The summed E-state index contributed by atoms with van der Waals surface area (Å²) in [6, 6.07) is 4.86. The molecule has 0 aliphatic heterocycles. The molecule has 0 amide bonds. The van der Waals surface area contributed by atoms with Crippen LogP contribution in [0.1, 0.15) is 37.4 Å². The van der Waals surface area contributed by atoms with E-state index in [1.54, 1.807) is 13.1 Å². The molecule has 0 fully saturated rings. The third-order valence-electron chi connectivity index (χ3n) is 3.48. The second-order valence-electron chi connectivity index (χ2n) is 5.25. The van der Waals surface area contributed by atoms with Crippen LogP contribution in [-0.4, -0.2) is 22.8 Å². The van der Waals surface area contributed by atoms with Crippen LogP contribution in [0.2, 0.25) is 0 Å². The fourth-order valence-electron chi connectivity index (χ4n) is 1.97. The first-order valence-corrected chi connectivity index (χ1v) is 8.46. The van der Waals surface area contributed by atoms with Gasteiger partial charge in [-0.3, -0.25) is 4.21 Å². The summed E-state index contributed by atoms with van der Waals surface area (Å²) in [6.45, 7) is 4.06. The Kier molecular flexibility index (Phi) is 6.87. The van der Waals surface area contributed by atoms with E-state index in [0.29, 0.717) is 23.0 Å². The smallest absolute Gasteiger partial charge is 0.312 e. The van der Waals surface area contributed by atoms with Crippen molar-refractivity contribution in [3.8, 4) is 0 Å². The normalized spacial score (nSPS) is 16.5. The third-order valence-corrected chi connectivity index (χ3v) is 5.13. The van der Waals surface area contributed by atoms with Gasteiger partial charge >= 0.3 is 6.18 Å². The molecule has 0 aromatic heterocycles. The van der Waals surface area contributed by atoms with E-state index in [4.69, 9.17) is 0 Å². The molecule has 1 aromatic carbocycles. The summed E-state index contributed by atoms with van der Waals surface area (Å²) in [4.78, 5) is 0. The minimum Gasteiger partial charge on any atom is -0.312 e. The highest BCUT2D eigenvalue weighted by molar-refractivity contribution is 7.85. The fraction of sp³-hybridized carbons (Fsp3) is 0.600. The van der Waals surface area contributed by atoms with Crippen molar-refractivity contribution in [2.75, 3.05) is 18.6 Å². The summed E-state index contributed by atoms with van der Waals surface area (Å²) in [5.41, 5.74) is -0.155. The Labute approximate surface area is 126 Å². The van der Waals surface area contributed by atoms with Gasteiger partial charge in [-0.1, -0.05) is 32.4 Å². The van der Waals surface area contributed by atoms with Crippen LogP contribution in [0.5, 0.6) is 0 Å². The molecule has 0 radical (unpaired) electrons. The molecule has 0 saturated carbocycles. The molecule has 120 valence electrons. The van der Waals surface area contributed by atoms with Gasteiger partial charge < -0.3 is 5.32 Å². The molecule has 3 unspecified atom stereocenters. The quantitative estimate of drug-likeness (QED) is 0.828. The first kappa shape index (κ1) is 18.2. The van der Waals surface area contributed by atoms with Gasteiger partial charge in [0.15, 0.2) is 0 Å². The lowest BCUT2D eigenvalue weighted by Gasteiger charge is -2.19. The van der Waals surface area contributed by atoms with Crippen LogP contribution >= 0.6 is 0 Å². The van der Waals surface area contributed by atoms with Crippen LogP contribution in [0.3, 0.4) is 0 Å². The monoisotopic (exact) mass is 321 g/mol. The van der Waals surface area contributed by atoms with Crippen molar-refractivity contribution in [3.05, 3.63) is 35.4 Å². The zero-order valence-electron chi connectivity index (χ0n) is 12.5. The van der Waals surface area contributed by atoms with Crippen molar-refractivity contribution in [2.24, 2.45) is 5.92 Å². The van der Waals surface area contributed by atoms with Crippen LogP contribution in [-0.2, 0) is 17.0 Å². The van der Waals surface area contributed by atoms with Crippen molar-refractivity contribution in [1.82, 2.24) is 5.32 Å². The van der Waals surface area contributed by atoms with E-state index in [0.717, 1.165) is 18.6 Å². The maximum atomic E-state index is 12.7. The first-order chi connectivity index (χ1) is 9.77. The van der Waals surface area contributed by atoms with E-state index in [9.17, 15) is 17.4 Å². The van der Waals surface area contributed by atoms with E-state index >= 15 is 0 Å². The summed E-state index contributed by atoms with van der Waals surface area (Å²) in [7, 11) is 0.620. The fourth-order valence-corrected chi connectivity index (χ4v) is 3.70. The summed E-state index contributed by atoms with van der Waals surface area (Å²) in [6.07, 6.45) is -3.41. The van der Waals surface area contributed by atoms with Crippen molar-refractivity contribution in [1.29, 1.82) is 0 Å². The number of hydrogen-bond donors (Lipinski definition) is 1. The Hall–Kier alpha value is -0.880. The van der Waals surface area contributed by atoms with E-state index in [1.807, 2.05) is 13.8 Å². The second-order valence-corrected chi connectivity index (χ2v) is 6.80. The SMILES string of the molecule is CCC(C)CS(=O)CC(NC)c1cccc(C(F)(F)F)c1.